The summed E-state index contributed by atoms with van der Waals surface area (Å²) in [6.07, 6.45) is 4.26. The van der Waals surface area contributed by atoms with Crippen LogP contribution in [-0.4, -0.2) is 99.1 Å². The van der Waals surface area contributed by atoms with Gasteiger partial charge in [0.05, 0.1) is 23.3 Å². The highest BCUT2D eigenvalue weighted by Gasteiger charge is 2.23. The highest BCUT2D eigenvalue weighted by atomic mass is 19.1. The largest absolute Gasteiger partial charge is 0.486 e. The normalized spacial score (nSPS) is 11.0. The lowest BCUT2D eigenvalue weighted by atomic mass is 9.97. The minimum absolute atomic E-state index is 0.282. The maximum Gasteiger partial charge on any atom is 0.368 e. The molecule has 8 heterocycles. The molecular weight excluding hydrogens is 1590 g/mol. The zero-order valence-corrected chi connectivity index (χ0v) is 71.0. The van der Waals surface area contributed by atoms with Crippen LogP contribution >= 0.6 is 0 Å². The maximum absolute atomic E-state index is 14.2. The third kappa shape index (κ3) is 19.1. The molecule has 8 aromatic carbocycles. The number of pyridine rings is 4. The molecule has 0 amide bonds. The Morgan fingerprint density at radius 3 is 0.968 bits per heavy atom. The number of hydrogen-bond donors (Lipinski definition) is 0. The minimum Gasteiger partial charge on any atom is -0.486 e. The zero-order valence-electron chi connectivity index (χ0n) is 71.0. The van der Waals surface area contributed by atoms with Gasteiger partial charge in [0.2, 0.25) is 5.95 Å². The van der Waals surface area contributed by atoms with Crippen LogP contribution < -0.4 is 41.7 Å². The number of para-hydroxylation sites is 4. The van der Waals surface area contributed by atoms with Crippen molar-refractivity contribution in [3.8, 4) is 90.8 Å². The Kier molecular flexibility index (Phi) is 26.3. The van der Waals surface area contributed by atoms with Crippen LogP contribution in [0.15, 0.2) is 214 Å². The first-order valence-corrected chi connectivity index (χ1v) is 39.2. The first-order valence-electron chi connectivity index (χ1n) is 39.2. The van der Waals surface area contributed by atoms with Gasteiger partial charge in [-0.3, -0.25) is 15.0 Å². The predicted octanol–water partition coefficient (Wildman–Crippen LogP) is 14.7. The second-order valence-electron chi connectivity index (χ2n) is 29.8. The first kappa shape index (κ1) is 86.6. The Hall–Kier alpha value is -15.2. The molecule has 124 heavy (non-hydrogen) atoms. The van der Waals surface area contributed by atoms with Crippen LogP contribution in [0, 0.1) is 106 Å². The van der Waals surface area contributed by atoms with Crippen molar-refractivity contribution in [2.75, 3.05) is 0 Å². The molecule has 0 bridgehead atoms. The lowest BCUT2D eigenvalue weighted by Gasteiger charge is -2.16. The van der Waals surface area contributed by atoms with E-state index in [2.05, 4.69) is 61.6 Å². The third-order valence-electron chi connectivity index (χ3n) is 20.8. The Bertz CT molecular complexity index is 6720. The Morgan fingerprint density at radius 1 is 0.290 bits per heavy atom. The molecule has 0 aliphatic rings. The SMILES string of the molecule is Cc1cc(-c2cc(F)ccn2)c(C)cc1COc1c(C)cccc1-n1nnn(C)c1=O.Cc1cc(-c2ccc(F)cn2)c(C)cc1COc1c(C)cccc1-n1nnn(C)c1=O.Cc1cc(-c2cccc(F)n2)c(C)cc1COc1c(C)cccc1-n1nnn(C)c1=O.Cc1cc(-c2ncccc2F)c(C)cc1COc1c(C)cccc1-n1nnn(C)c1=O. The lowest BCUT2D eigenvalue weighted by Crippen LogP contribution is -2.22. The number of hydrogen-bond acceptors (Lipinski definition) is 20. The summed E-state index contributed by atoms with van der Waals surface area (Å²) in [4.78, 5) is 65.9. The van der Waals surface area contributed by atoms with E-state index in [0.717, 1.165) is 122 Å². The van der Waals surface area contributed by atoms with E-state index in [9.17, 15) is 36.7 Å². The predicted molar refractivity (Wildman–Crippen MR) is 459 cm³/mol. The molecule has 632 valence electrons. The molecule has 0 spiro atoms. The van der Waals surface area contributed by atoms with Crippen molar-refractivity contribution < 1.29 is 36.5 Å². The molecular formula is C92H88F4N20O8. The van der Waals surface area contributed by atoms with Crippen LogP contribution in [0.2, 0.25) is 0 Å². The fraction of sp³-hybridized carbons (Fsp3) is 0.217. The van der Waals surface area contributed by atoms with Crippen molar-refractivity contribution in [3.63, 3.8) is 0 Å². The summed E-state index contributed by atoms with van der Waals surface area (Å²) < 4.78 is 88.8. The number of aromatic nitrogens is 20. The summed E-state index contributed by atoms with van der Waals surface area (Å²) in [6, 6.07) is 51.7. The summed E-state index contributed by atoms with van der Waals surface area (Å²) in [7, 11) is 6.18. The fourth-order valence-electron chi connectivity index (χ4n) is 13.9. The molecule has 0 radical (unpaired) electrons. The third-order valence-corrected chi connectivity index (χ3v) is 20.8. The molecule has 0 atom stereocenters. The van der Waals surface area contributed by atoms with Crippen LogP contribution in [0.4, 0.5) is 17.6 Å². The molecule has 0 N–H and O–H groups in total. The summed E-state index contributed by atoms with van der Waals surface area (Å²) >= 11 is 0. The highest BCUT2D eigenvalue weighted by molar-refractivity contribution is 5.69. The molecule has 0 saturated carbocycles. The standard InChI is InChI=1S/4C23H22FN5O2/c1-14-7-5-9-20(29-23(30)28(4)26-27-29)22(14)31-13-17-11-16(3)18(12-15(17)2)21-19(24)8-6-10-25-21;1-14-7-5-9-20(29-23(30)28(4)26-27-29)22(14)31-13-17-11-16(3)18(12-15(17)2)19-8-6-10-21(24)25-19;1-14-6-5-7-21(29-23(30)28(4)26-27-29)22(14)31-13-17-10-16(3)19(11-15(17)2)20-12-18(24)8-9-25-20;1-14-6-5-7-21(29-23(30)28(4)26-27-29)22(14)31-13-17-10-16(3)19(11-15(17)2)20-9-8-18(24)12-25-20/h4*5-12H,13H2,1-4H3. The minimum atomic E-state index is -0.506. The van der Waals surface area contributed by atoms with Crippen molar-refractivity contribution in [1.82, 2.24) is 99.1 Å². The van der Waals surface area contributed by atoms with Crippen LogP contribution in [0.3, 0.4) is 0 Å². The summed E-state index contributed by atoms with van der Waals surface area (Å²) in [5.74, 6) is 0.728. The van der Waals surface area contributed by atoms with E-state index in [1.54, 1.807) is 82.9 Å². The van der Waals surface area contributed by atoms with Gasteiger partial charge in [-0.2, -0.15) is 41.8 Å². The average molecular weight is 1680 g/mol. The van der Waals surface area contributed by atoms with Gasteiger partial charge >= 0.3 is 22.8 Å². The van der Waals surface area contributed by atoms with Crippen molar-refractivity contribution in [2.24, 2.45) is 28.2 Å². The number of nitrogens with zero attached hydrogens (tertiary/aromatic N) is 20. The molecule has 16 aromatic rings. The second-order valence-corrected chi connectivity index (χ2v) is 29.8. The molecule has 0 aliphatic heterocycles. The van der Waals surface area contributed by atoms with E-state index < -0.39 is 5.95 Å². The van der Waals surface area contributed by atoms with E-state index in [4.69, 9.17) is 18.9 Å². The fourth-order valence-corrected chi connectivity index (χ4v) is 13.9. The number of ether oxygens (including phenoxy) is 4. The molecule has 8 aromatic heterocycles. The zero-order chi connectivity index (χ0) is 88.5. The topological polar surface area (TPSA) is 299 Å². The Morgan fingerprint density at radius 2 is 0.637 bits per heavy atom. The van der Waals surface area contributed by atoms with Crippen molar-refractivity contribution in [3.05, 3.63) is 349 Å². The maximum atomic E-state index is 14.2. The highest BCUT2D eigenvalue weighted by Crippen LogP contribution is 2.36. The van der Waals surface area contributed by atoms with Crippen LogP contribution in [0.1, 0.15) is 89.0 Å². The number of tetrazole rings is 4. The van der Waals surface area contributed by atoms with Crippen molar-refractivity contribution in [1.29, 1.82) is 0 Å². The van der Waals surface area contributed by atoms with E-state index in [1.165, 1.54) is 75.5 Å². The molecule has 16 rings (SSSR count). The van der Waals surface area contributed by atoms with Crippen LogP contribution in [0.25, 0.3) is 67.8 Å². The number of aryl methyl sites for hydroxylation is 16. The second kappa shape index (κ2) is 37.6. The van der Waals surface area contributed by atoms with Gasteiger partial charge in [0.15, 0.2) is 0 Å². The lowest BCUT2D eigenvalue weighted by molar-refractivity contribution is 0.301. The monoisotopic (exact) mass is 1680 g/mol. The quantitative estimate of drug-likeness (QED) is 0.0506. The van der Waals surface area contributed by atoms with E-state index in [1.807, 2.05) is 180 Å². The van der Waals surface area contributed by atoms with Gasteiger partial charge in [0.25, 0.3) is 0 Å². The van der Waals surface area contributed by atoms with E-state index in [0.29, 0.717) is 82.7 Å². The first-order chi connectivity index (χ1) is 59.4. The number of benzene rings is 8. The van der Waals surface area contributed by atoms with Gasteiger partial charge in [0, 0.05) is 68.9 Å². The van der Waals surface area contributed by atoms with Gasteiger partial charge in [-0.25, -0.2) is 37.3 Å². The molecule has 32 heteroatoms. The summed E-state index contributed by atoms with van der Waals surface area (Å²) in [5, 5.41) is 30.8. The van der Waals surface area contributed by atoms with E-state index in [-0.39, 0.29) is 46.8 Å². The van der Waals surface area contributed by atoms with Crippen molar-refractivity contribution >= 4 is 0 Å². The average Bonchev–Trinajstić information content (AvgIpc) is 0.873. The number of rotatable bonds is 20. The van der Waals surface area contributed by atoms with Gasteiger partial charge in [-0.05, 0) is 305 Å². The molecule has 28 nitrogen and oxygen atoms in total. The Balaban J connectivity index is 0.000000142. The van der Waals surface area contributed by atoms with Crippen molar-refractivity contribution in [2.45, 2.75) is 110 Å². The molecule has 0 fully saturated rings. The Labute approximate surface area is 709 Å². The molecule has 0 unspecified atom stereocenters. The smallest absolute Gasteiger partial charge is 0.368 e. The van der Waals surface area contributed by atoms with Gasteiger partial charge < -0.3 is 18.9 Å². The van der Waals surface area contributed by atoms with Gasteiger partial charge in [0.1, 0.15) is 95.3 Å². The van der Waals surface area contributed by atoms with Gasteiger partial charge in [-0.1, -0.05) is 78.9 Å². The van der Waals surface area contributed by atoms with E-state index >= 15 is 0 Å². The number of halogens is 4. The van der Waals surface area contributed by atoms with Crippen LogP contribution in [-0.2, 0) is 54.6 Å². The van der Waals surface area contributed by atoms with Gasteiger partial charge in [-0.15, -0.1) is 0 Å². The molecule has 0 saturated heterocycles. The molecule has 0 aliphatic carbocycles. The summed E-state index contributed by atoms with van der Waals surface area (Å²) in [6.45, 7) is 24.6. The summed E-state index contributed by atoms with van der Waals surface area (Å²) in [5.41, 5.74) is 21.7. The van der Waals surface area contributed by atoms with Crippen LogP contribution in [0.5, 0.6) is 23.0 Å².